The average molecular weight is 306 g/mol. The maximum absolute atomic E-state index is 12.4. The van der Waals surface area contributed by atoms with Gasteiger partial charge in [-0.05, 0) is 48.1 Å². The van der Waals surface area contributed by atoms with E-state index in [0.717, 1.165) is 29.9 Å². The molecule has 0 saturated heterocycles. The summed E-state index contributed by atoms with van der Waals surface area (Å²) in [5.74, 6) is 0.458. The van der Waals surface area contributed by atoms with Gasteiger partial charge < -0.3 is 10.2 Å². The molecule has 2 aliphatic rings. The zero-order valence-corrected chi connectivity index (χ0v) is 13.5. The van der Waals surface area contributed by atoms with Crippen molar-refractivity contribution < 1.29 is 9.63 Å². The van der Waals surface area contributed by atoms with Gasteiger partial charge in [0.1, 0.15) is 6.10 Å². The van der Waals surface area contributed by atoms with Crippen LogP contribution < -0.4 is 5.32 Å². The lowest BCUT2D eigenvalue weighted by Crippen LogP contribution is -2.32. The number of hydrogen-bond acceptors (Lipinski definition) is 4. The van der Waals surface area contributed by atoms with Gasteiger partial charge in [-0.3, -0.25) is 4.79 Å². The molecule has 2 heterocycles. The molecule has 1 aromatic rings. The van der Waals surface area contributed by atoms with E-state index in [2.05, 4.69) is 29.7 Å². The van der Waals surface area contributed by atoms with E-state index in [1.807, 2.05) is 0 Å². The molecular weight excluding hydrogens is 284 g/mol. The first-order valence-corrected chi connectivity index (χ1v) is 8.63. The topological polar surface area (TPSA) is 50.7 Å². The summed E-state index contributed by atoms with van der Waals surface area (Å²) in [6.07, 6.45) is 5.42. The second-order valence-corrected chi connectivity index (χ2v) is 7.03. The van der Waals surface area contributed by atoms with Crippen LogP contribution in [0.2, 0.25) is 0 Å². The highest BCUT2D eigenvalue weighted by Gasteiger charge is 2.25. The first-order valence-electron chi connectivity index (χ1n) is 7.75. The van der Waals surface area contributed by atoms with E-state index in [1.165, 1.54) is 24.0 Å². The lowest BCUT2D eigenvalue weighted by Gasteiger charge is -2.14. The number of fused-ring (bicyclic) bond motifs is 1. The van der Waals surface area contributed by atoms with Crippen LogP contribution in [0.5, 0.6) is 0 Å². The van der Waals surface area contributed by atoms with Crippen LogP contribution >= 0.6 is 11.3 Å². The first kappa shape index (κ1) is 14.6. The fourth-order valence-electron chi connectivity index (χ4n) is 2.90. The normalized spacial score (nSPS) is 20.9. The summed E-state index contributed by atoms with van der Waals surface area (Å²) >= 11 is 1.58. The van der Waals surface area contributed by atoms with Crippen molar-refractivity contribution in [3.8, 4) is 0 Å². The standard InChI is InChI=1S/C16H22N2O2S/c1-10(2)14-7-12(20-18-14)8-17-16(19)15-13-6-4-3-5-11(13)9-21-15/h9-10,12H,3-8H2,1-2H3,(H,17,19)/t12-/m0/s1. The lowest BCUT2D eigenvalue weighted by molar-refractivity contribution is 0.0755. The largest absolute Gasteiger partial charge is 0.390 e. The number of amides is 1. The Bertz CT molecular complexity index is 563. The number of nitrogens with one attached hydrogen (secondary N) is 1. The Hall–Kier alpha value is -1.36. The van der Waals surface area contributed by atoms with Crippen molar-refractivity contribution in [2.75, 3.05) is 6.54 Å². The molecule has 0 radical (unpaired) electrons. The van der Waals surface area contributed by atoms with Crippen LogP contribution in [0.25, 0.3) is 0 Å². The smallest absolute Gasteiger partial charge is 0.261 e. The summed E-state index contributed by atoms with van der Waals surface area (Å²) in [6.45, 7) is 4.76. The Kier molecular flexibility index (Phi) is 4.29. The second-order valence-electron chi connectivity index (χ2n) is 6.15. The summed E-state index contributed by atoms with van der Waals surface area (Å²) in [5, 5.41) is 9.25. The van der Waals surface area contributed by atoms with E-state index < -0.39 is 0 Å². The van der Waals surface area contributed by atoms with Gasteiger partial charge >= 0.3 is 0 Å². The molecule has 1 N–H and O–H groups in total. The minimum atomic E-state index is -0.0119. The van der Waals surface area contributed by atoms with Crippen LogP contribution in [-0.4, -0.2) is 24.3 Å². The van der Waals surface area contributed by atoms with E-state index in [9.17, 15) is 4.79 Å². The van der Waals surface area contributed by atoms with E-state index in [1.54, 1.807) is 11.3 Å². The first-order chi connectivity index (χ1) is 10.1. The SMILES string of the molecule is CC(C)C1=NO[C@H](CNC(=O)c2scc3c2CCCC3)C1. The van der Waals surface area contributed by atoms with Crippen LogP contribution in [0.15, 0.2) is 10.5 Å². The van der Waals surface area contributed by atoms with Gasteiger partial charge in [0.05, 0.1) is 17.1 Å². The Morgan fingerprint density at radius 2 is 2.29 bits per heavy atom. The number of rotatable bonds is 4. The van der Waals surface area contributed by atoms with E-state index in [4.69, 9.17) is 4.84 Å². The van der Waals surface area contributed by atoms with Gasteiger partial charge in [-0.15, -0.1) is 11.3 Å². The molecular formula is C16H22N2O2S. The maximum Gasteiger partial charge on any atom is 0.261 e. The zero-order valence-electron chi connectivity index (χ0n) is 12.6. The highest BCUT2D eigenvalue weighted by atomic mass is 32.1. The van der Waals surface area contributed by atoms with Gasteiger partial charge in [0.15, 0.2) is 0 Å². The number of carbonyl (C=O) groups is 1. The third kappa shape index (κ3) is 3.12. The van der Waals surface area contributed by atoms with Gasteiger partial charge in [-0.1, -0.05) is 19.0 Å². The minimum absolute atomic E-state index is 0.0119. The fourth-order valence-corrected chi connectivity index (χ4v) is 3.97. The molecule has 0 spiro atoms. The van der Waals surface area contributed by atoms with Crippen molar-refractivity contribution in [3.05, 3.63) is 21.4 Å². The molecule has 0 saturated carbocycles. The monoisotopic (exact) mass is 306 g/mol. The number of thiophene rings is 1. The van der Waals surface area contributed by atoms with Crippen molar-refractivity contribution in [2.45, 2.75) is 52.1 Å². The Morgan fingerprint density at radius 1 is 1.48 bits per heavy atom. The van der Waals surface area contributed by atoms with Gasteiger partial charge in [-0.2, -0.15) is 0 Å². The summed E-state index contributed by atoms with van der Waals surface area (Å²) in [5.41, 5.74) is 3.73. The predicted molar refractivity (Wildman–Crippen MR) is 85.1 cm³/mol. The summed E-state index contributed by atoms with van der Waals surface area (Å²) in [7, 11) is 0. The van der Waals surface area contributed by atoms with Crippen LogP contribution in [0.1, 0.15) is 53.9 Å². The molecule has 1 aliphatic carbocycles. The Labute approximate surface area is 129 Å². The van der Waals surface area contributed by atoms with Crippen LogP contribution in [0.4, 0.5) is 0 Å². The number of hydrogen-bond donors (Lipinski definition) is 1. The average Bonchev–Trinajstić information content (AvgIpc) is 3.11. The molecule has 3 rings (SSSR count). The third-order valence-electron chi connectivity index (χ3n) is 4.22. The van der Waals surface area contributed by atoms with Gasteiger partial charge in [0, 0.05) is 6.42 Å². The number of aryl methyl sites for hydroxylation is 1. The number of nitrogens with zero attached hydrogens (tertiary/aromatic N) is 1. The quantitative estimate of drug-likeness (QED) is 0.929. The van der Waals surface area contributed by atoms with Crippen molar-refractivity contribution in [2.24, 2.45) is 11.1 Å². The molecule has 4 nitrogen and oxygen atoms in total. The maximum atomic E-state index is 12.4. The molecule has 1 aliphatic heterocycles. The van der Waals surface area contributed by atoms with Crippen molar-refractivity contribution in [1.29, 1.82) is 0 Å². The highest BCUT2D eigenvalue weighted by molar-refractivity contribution is 7.12. The molecule has 0 bridgehead atoms. The van der Waals surface area contributed by atoms with E-state index >= 15 is 0 Å². The fraction of sp³-hybridized carbons (Fsp3) is 0.625. The summed E-state index contributed by atoms with van der Waals surface area (Å²) < 4.78 is 0. The van der Waals surface area contributed by atoms with Crippen LogP contribution in [0, 0.1) is 5.92 Å². The van der Waals surface area contributed by atoms with E-state index in [-0.39, 0.29) is 12.0 Å². The van der Waals surface area contributed by atoms with Gasteiger partial charge in [0.25, 0.3) is 5.91 Å². The molecule has 1 atom stereocenters. The predicted octanol–water partition coefficient (Wildman–Crippen LogP) is 3.16. The summed E-state index contributed by atoms with van der Waals surface area (Å²) in [6, 6.07) is 0. The third-order valence-corrected chi connectivity index (χ3v) is 5.29. The molecule has 0 unspecified atom stereocenters. The number of oxime groups is 1. The van der Waals surface area contributed by atoms with Crippen LogP contribution in [-0.2, 0) is 17.7 Å². The van der Waals surface area contributed by atoms with Crippen LogP contribution in [0.3, 0.4) is 0 Å². The van der Waals surface area contributed by atoms with Crippen molar-refractivity contribution in [3.63, 3.8) is 0 Å². The molecule has 114 valence electrons. The Balaban J connectivity index is 1.55. The minimum Gasteiger partial charge on any atom is -0.390 e. The molecule has 5 heteroatoms. The van der Waals surface area contributed by atoms with Crippen molar-refractivity contribution >= 4 is 23.0 Å². The highest BCUT2D eigenvalue weighted by Crippen LogP contribution is 2.29. The van der Waals surface area contributed by atoms with Gasteiger partial charge in [-0.25, -0.2) is 0 Å². The molecule has 1 amide bonds. The summed E-state index contributed by atoms with van der Waals surface area (Å²) in [4.78, 5) is 18.6. The second kappa shape index (κ2) is 6.18. The van der Waals surface area contributed by atoms with E-state index in [0.29, 0.717) is 12.5 Å². The van der Waals surface area contributed by atoms with Gasteiger partial charge in [0.2, 0.25) is 0 Å². The molecule has 1 aromatic heterocycles. The zero-order chi connectivity index (χ0) is 14.8. The molecule has 0 fully saturated rings. The lowest BCUT2D eigenvalue weighted by atomic mass is 9.94. The Morgan fingerprint density at radius 3 is 3.05 bits per heavy atom. The molecule has 21 heavy (non-hydrogen) atoms. The molecule has 0 aromatic carbocycles. The number of carbonyl (C=O) groups excluding carboxylic acids is 1. The van der Waals surface area contributed by atoms with Crippen molar-refractivity contribution in [1.82, 2.24) is 5.32 Å².